The highest BCUT2D eigenvalue weighted by molar-refractivity contribution is 6.07. The van der Waals surface area contributed by atoms with Crippen LogP contribution in [0.15, 0.2) is 72.9 Å². The van der Waals surface area contributed by atoms with Crippen LogP contribution in [-0.2, 0) is 13.7 Å². The maximum Gasteiger partial charge on any atom is 0.189 e. The minimum atomic E-state index is -0.0737. The highest BCUT2D eigenvalue weighted by atomic mass is 16.5. The lowest BCUT2D eigenvalue weighted by Crippen LogP contribution is -2.00. The van der Waals surface area contributed by atoms with E-state index in [1.54, 1.807) is 30.1 Å². The van der Waals surface area contributed by atoms with E-state index < -0.39 is 0 Å². The second-order valence-electron chi connectivity index (χ2n) is 7.33. The van der Waals surface area contributed by atoms with Crippen molar-refractivity contribution in [1.29, 1.82) is 0 Å². The fraction of sp³-hybridized carbons (Fsp3) is 0.154. The van der Waals surface area contributed by atoms with Crippen LogP contribution >= 0.6 is 0 Å². The summed E-state index contributed by atoms with van der Waals surface area (Å²) in [5.41, 5.74) is 3.25. The summed E-state index contributed by atoms with van der Waals surface area (Å²) in [6.45, 7) is 2.24. The Labute approximate surface area is 181 Å². The standard InChI is InChI=1S/C26H24N2O3/c1-18-24(16-27-28(18)2)25(29)12-8-19-9-13-26(30-3)22(14-19)17-31-23-11-10-20-6-4-5-7-21(20)15-23/h4-16H,17H2,1-3H3/b12-8+. The minimum absolute atomic E-state index is 0.0737. The normalized spacial score (nSPS) is 11.2. The van der Waals surface area contributed by atoms with E-state index in [0.717, 1.165) is 33.7 Å². The summed E-state index contributed by atoms with van der Waals surface area (Å²) in [4.78, 5) is 12.5. The zero-order valence-corrected chi connectivity index (χ0v) is 17.8. The van der Waals surface area contributed by atoms with Crippen molar-refractivity contribution in [2.24, 2.45) is 7.05 Å². The Balaban J connectivity index is 1.51. The molecule has 5 nitrogen and oxygen atoms in total. The molecule has 0 amide bonds. The smallest absolute Gasteiger partial charge is 0.189 e. The van der Waals surface area contributed by atoms with Gasteiger partial charge in [0.2, 0.25) is 0 Å². The van der Waals surface area contributed by atoms with E-state index in [1.165, 1.54) is 5.39 Å². The van der Waals surface area contributed by atoms with E-state index in [1.807, 2.05) is 62.5 Å². The van der Waals surface area contributed by atoms with Gasteiger partial charge >= 0.3 is 0 Å². The van der Waals surface area contributed by atoms with Crippen molar-refractivity contribution in [2.45, 2.75) is 13.5 Å². The molecule has 0 saturated heterocycles. The average molecular weight is 412 g/mol. The first-order valence-corrected chi connectivity index (χ1v) is 10.0. The number of ether oxygens (including phenoxy) is 2. The first kappa shape index (κ1) is 20.4. The molecule has 31 heavy (non-hydrogen) atoms. The van der Waals surface area contributed by atoms with Gasteiger partial charge in [-0.05, 0) is 53.6 Å². The summed E-state index contributed by atoms with van der Waals surface area (Å²) >= 11 is 0. The Morgan fingerprint density at radius 3 is 2.61 bits per heavy atom. The zero-order chi connectivity index (χ0) is 21.8. The molecule has 0 aliphatic carbocycles. The van der Waals surface area contributed by atoms with Gasteiger partial charge in [-0.25, -0.2) is 0 Å². The van der Waals surface area contributed by atoms with Crippen LogP contribution in [0.2, 0.25) is 0 Å². The van der Waals surface area contributed by atoms with Crippen LogP contribution in [0.4, 0.5) is 0 Å². The number of ketones is 1. The molecule has 0 unspecified atom stereocenters. The molecule has 0 N–H and O–H groups in total. The van der Waals surface area contributed by atoms with Crippen molar-refractivity contribution in [3.8, 4) is 11.5 Å². The number of benzene rings is 3. The summed E-state index contributed by atoms with van der Waals surface area (Å²) in [7, 11) is 3.46. The zero-order valence-electron chi connectivity index (χ0n) is 17.8. The van der Waals surface area contributed by atoms with Crippen LogP contribution in [0.3, 0.4) is 0 Å². The first-order chi connectivity index (χ1) is 15.0. The fourth-order valence-electron chi connectivity index (χ4n) is 3.44. The van der Waals surface area contributed by atoms with Gasteiger partial charge in [-0.1, -0.05) is 42.5 Å². The average Bonchev–Trinajstić information content (AvgIpc) is 3.14. The number of allylic oxidation sites excluding steroid dienone is 1. The van der Waals surface area contributed by atoms with Gasteiger partial charge in [-0.2, -0.15) is 5.10 Å². The van der Waals surface area contributed by atoms with Gasteiger partial charge in [0.15, 0.2) is 5.78 Å². The predicted octanol–water partition coefficient (Wildman–Crippen LogP) is 5.37. The second kappa shape index (κ2) is 8.88. The fourth-order valence-corrected chi connectivity index (χ4v) is 3.44. The Kier molecular flexibility index (Phi) is 5.85. The largest absolute Gasteiger partial charge is 0.496 e. The van der Waals surface area contributed by atoms with Crippen LogP contribution in [0.1, 0.15) is 27.2 Å². The molecular weight excluding hydrogens is 388 g/mol. The van der Waals surface area contributed by atoms with Gasteiger partial charge in [0.05, 0.1) is 18.9 Å². The van der Waals surface area contributed by atoms with Gasteiger partial charge in [-0.15, -0.1) is 0 Å². The topological polar surface area (TPSA) is 53.3 Å². The maximum atomic E-state index is 12.5. The lowest BCUT2D eigenvalue weighted by Gasteiger charge is -2.12. The molecule has 0 radical (unpaired) electrons. The van der Waals surface area contributed by atoms with Gasteiger partial charge in [0.25, 0.3) is 0 Å². The Morgan fingerprint density at radius 1 is 1.06 bits per heavy atom. The molecule has 1 aromatic heterocycles. The summed E-state index contributed by atoms with van der Waals surface area (Å²) in [6.07, 6.45) is 4.96. The second-order valence-corrected chi connectivity index (χ2v) is 7.33. The molecular formula is C26H24N2O3. The number of hydrogen-bond acceptors (Lipinski definition) is 4. The number of hydrogen-bond donors (Lipinski definition) is 0. The molecule has 0 spiro atoms. The van der Waals surface area contributed by atoms with Crippen molar-refractivity contribution in [3.63, 3.8) is 0 Å². The number of carbonyl (C=O) groups is 1. The highest BCUT2D eigenvalue weighted by Crippen LogP contribution is 2.25. The van der Waals surface area contributed by atoms with Gasteiger partial charge in [-0.3, -0.25) is 9.48 Å². The lowest BCUT2D eigenvalue weighted by atomic mass is 10.1. The van der Waals surface area contributed by atoms with Crippen molar-refractivity contribution in [2.75, 3.05) is 7.11 Å². The Hall–Kier alpha value is -3.86. The van der Waals surface area contributed by atoms with Crippen molar-refractivity contribution < 1.29 is 14.3 Å². The molecule has 4 aromatic rings. The third-order valence-electron chi connectivity index (χ3n) is 5.35. The quantitative estimate of drug-likeness (QED) is 0.303. The van der Waals surface area contributed by atoms with Gasteiger partial charge in [0.1, 0.15) is 18.1 Å². The van der Waals surface area contributed by atoms with E-state index in [-0.39, 0.29) is 5.78 Å². The van der Waals surface area contributed by atoms with E-state index in [2.05, 4.69) is 17.2 Å². The number of aromatic nitrogens is 2. The lowest BCUT2D eigenvalue weighted by molar-refractivity contribution is 0.104. The molecule has 3 aromatic carbocycles. The summed E-state index contributed by atoms with van der Waals surface area (Å²) in [6, 6.07) is 20.0. The molecule has 5 heteroatoms. The van der Waals surface area contributed by atoms with Crippen molar-refractivity contribution in [3.05, 3.63) is 95.3 Å². The van der Waals surface area contributed by atoms with Crippen LogP contribution in [-0.4, -0.2) is 22.7 Å². The SMILES string of the molecule is COc1ccc(/C=C/C(=O)c2cnn(C)c2C)cc1COc1ccc2ccccc2c1. The number of aryl methyl sites for hydroxylation is 1. The van der Waals surface area contributed by atoms with Crippen LogP contribution in [0.5, 0.6) is 11.5 Å². The van der Waals surface area contributed by atoms with Crippen LogP contribution in [0, 0.1) is 6.92 Å². The number of rotatable bonds is 7. The molecule has 0 atom stereocenters. The molecule has 0 aliphatic heterocycles. The number of fused-ring (bicyclic) bond motifs is 1. The highest BCUT2D eigenvalue weighted by Gasteiger charge is 2.10. The first-order valence-electron chi connectivity index (χ1n) is 10.0. The molecule has 1 heterocycles. The molecule has 0 saturated carbocycles. The Morgan fingerprint density at radius 2 is 1.87 bits per heavy atom. The van der Waals surface area contributed by atoms with E-state index in [9.17, 15) is 4.79 Å². The number of nitrogens with zero attached hydrogens (tertiary/aromatic N) is 2. The third-order valence-corrected chi connectivity index (χ3v) is 5.35. The van der Waals surface area contributed by atoms with E-state index in [4.69, 9.17) is 9.47 Å². The van der Waals surface area contributed by atoms with Gasteiger partial charge < -0.3 is 9.47 Å². The molecule has 156 valence electrons. The summed E-state index contributed by atoms with van der Waals surface area (Å²) < 4.78 is 13.2. The van der Waals surface area contributed by atoms with Crippen molar-refractivity contribution in [1.82, 2.24) is 9.78 Å². The van der Waals surface area contributed by atoms with Crippen LogP contribution < -0.4 is 9.47 Å². The molecule has 4 rings (SSSR count). The number of methoxy groups -OCH3 is 1. The molecule has 0 fully saturated rings. The molecule has 0 aliphatic rings. The van der Waals surface area contributed by atoms with Crippen LogP contribution in [0.25, 0.3) is 16.8 Å². The number of carbonyl (C=O) groups excluding carboxylic acids is 1. The molecule has 0 bridgehead atoms. The van der Waals surface area contributed by atoms with E-state index >= 15 is 0 Å². The minimum Gasteiger partial charge on any atom is -0.496 e. The van der Waals surface area contributed by atoms with E-state index in [0.29, 0.717) is 12.2 Å². The third kappa shape index (κ3) is 4.51. The van der Waals surface area contributed by atoms with Gasteiger partial charge in [0, 0.05) is 18.3 Å². The Bertz CT molecular complexity index is 1270. The summed E-state index contributed by atoms with van der Waals surface area (Å²) in [5, 5.41) is 6.44. The summed E-state index contributed by atoms with van der Waals surface area (Å²) in [5.74, 6) is 1.46. The maximum absolute atomic E-state index is 12.5. The van der Waals surface area contributed by atoms with Crippen molar-refractivity contribution >= 4 is 22.6 Å². The monoisotopic (exact) mass is 412 g/mol. The predicted molar refractivity (Wildman–Crippen MR) is 123 cm³/mol.